The van der Waals surface area contributed by atoms with E-state index in [0.717, 1.165) is 96.3 Å². The van der Waals surface area contributed by atoms with Crippen molar-refractivity contribution in [2.75, 3.05) is 11.9 Å². The summed E-state index contributed by atoms with van der Waals surface area (Å²) in [6.45, 7) is 4.48. The summed E-state index contributed by atoms with van der Waals surface area (Å²) in [5.41, 5.74) is -0.473. The first-order valence-electron chi connectivity index (χ1n) is 20.6. The Morgan fingerprint density at radius 3 is 1.79 bits per heavy atom. The van der Waals surface area contributed by atoms with E-state index in [1.165, 1.54) is 23.8 Å². The summed E-state index contributed by atoms with van der Waals surface area (Å²) >= 11 is 0. The van der Waals surface area contributed by atoms with Gasteiger partial charge in [-0.2, -0.15) is 4.98 Å². The standard InChI is InChI=1S/C45H69N3O5/c1-3-5-7-9-11-13-15-17-19-21-23-25-27-29-31-33-42(49)46-41-37-38-48(45(51)47-41)43-36-35-40(53-43)39-52-44(50)34-32-30-28-26-24-22-20-18-16-14-12-10-8-6-4-2/h5-8,11-14,17-20,37-38,40,43H,3-4,9-10,15-16,21-36,39H2,1-2H3,(H,46,47,49,51)/b7-5-,8-6-,13-11-,14-12-,19-17-,20-18-/t40-,43-/m0/s1. The van der Waals surface area contributed by atoms with Crippen molar-refractivity contribution in [3.8, 4) is 0 Å². The number of aromatic nitrogens is 2. The van der Waals surface area contributed by atoms with E-state index in [1.54, 1.807) is 12.3 Å². The lowest BCUT2D eigenvalue weighted by Crippen LogP contribution is -2.29. The molecule has 0 aliphatic carbocycles. The Hall–Kier alpha value is -3.78. The Morgan fingerprint density at radius 2 is 1.23 bits per heavy atom. The van der Waals surface area contributed by atoms with E-state index in [2.05, 4.69) is 97.1 Å². The molecule has 1 aliphatic heterocycles. The molecule has 1 amide bonds. The summed E-state index contributed by atoms with van der Waals surface area (Å²) in [5.74, 6) is -0.0752. The Labute approximate surface area is 320 Å². The van der Waals surface area contributed by atoms with E-state index in [0.29, 0.717) is 25.7 Å². The molecule has 294 valence electrons. The summed E-state index contributed by atoms with van der Waals surface area (Å²) in [6.07, 6.45) is 48.6. The van der Waals surface area contributed by atoms with E-state index >= 15 is 0 Å². The molecule has 1 N–H and O–H groups in total. The predicted octanol–water partition coefficient (Wildman–Crippen LogP) is 11.6. The van der Waals surface area contributed by atoms with E-state index in [-0.39, 0.29) is 30.4 Å². The predicted molar refractivity (Wildman–Crippen MR) is 220 cm³/mol. The van der Waals surface area contributed by atoms with Gasteiger partial charge in [-0.3, -0.25) is 14.2 Å². The first-order chi connectivity index (χ1) is 26.0. The number of anilines is 1. The number of nitrogens with zero attached hydrogens (tertiary/aromatic N) is 2. The molecule has 0 spiro atoms. The smallest absolute Gasteiger partial charge is 0.351 e. The Morgan fingerprint density at radius 1 is 0.717 bits per heavy atom. The Kier molecular flexibility index (Phi) is 27.2. The van der Waals surface area contributed by atoms with Gasteiger partial charge < -0.3 is 14.8 Å². The van der Waals surface area contributed by atoms with Gasteiger partial charge in [0.15, 0.2) is 0 Å². The third-order valence-electron chi connectivity index (χ3n) is 9.01. The molecule has 8 heteroatoms. The average Bonchev–Trinajstić information content (AvgIpc) is 3.62. The summed E-state index contributed by atoms with van der Waals surface area (Å²) in [7, 11) is 0. The van der Waals surface area contributed by atoms with Gasteiger partial charge in [-0.15, -0.1) is 0 Å². The van der Waals surface area contributed by atoms with Gasteiger partial charge in [0, 0.05) is 19.0 Å². The van der Waals surface area contributed by atoms with Gasteiger partial charge in [-0.05, 0) is 96.0 Å². The van der Waals surface area contributed by atoms with Crippen molar-refractivity contribution in [1.82, 2.24) is 9.55 Å². The van der Waals surface area contributed by atoms with Crippen molar-refractivity contribution in [2.45, 2.75) is 167 Å². The summed E-state index contributed by atoms with van der Waals surface area (Å²) in [6, 6.07) is 1.63. The lowest BCUT2D eigenvalue weighted by molar-refractivity contribution is -0.148. The molecule has 8 nitrogen and oxygen atoms in total. The number of carbonyl (C=O) groups excluding carboxylic acids is 2. The molecule has 2 heterocycles. The molecule has 0 bridgehead atoms. The summed E-state index contributed by atoms with van der Waals surface area (Å²) in [5, 5.41) is 2.75. The second-order valence-corrected chi connectivity index (χ2v) is 13.7. The van der Waals surface area contributed by atoms with Gasteiger partial charge >= 0.3 is 11.7 Å². The third-order valence-corrected chi connectivity index (χ3v) is 9.01. The second kappa shape index (κ2) is 31.7. The van der Waals surface area contributed by atoms with Gasteiger partial charge in [-0.1, -0.05) is 125 Å². The first-order valence-corrected chi connectivity index (χ1v) is 20.6. The maximum Gasteiger partial charge on any atom is 0.351 e. The normalized spacial score (nSPS) is 16.5. The molecular formula is C45H69N3O5. The molecular weight excluding hydrogens is 663 g/mol. The zero-order chi connectivity index (χ0) is 38.0. The number of rotatable bonds is 30. The van der Waals surface area contributed by atoms with Crippen LogP contribution in [0.25, 0.3) is 0 Å². The van der Waals surface area contributed by atoms with Crippen molar-refractivity contribution in [1.29, 1.82) is 0 Å². The zero-order valence-corrected chi connectivity index (χ0v) is 32.9. The maximum absolute atomic E-state index is 12.7. The number of hydrogen-bond acceptors (Lipinski definition) is 6. The lowest BCUT2D eigenvalue weighted by Gasteiger charge is -2.16. The molecule has 0 aromatic carbocycles. The van der Waals surface area contributed by atoms with Crippen LogP contribution in [-0.4, -0.2) is 34.1 Å². The Balaban J connectivity index is 1.49. The van der Waals surface area contributed by atoms with Crippen molar-refractivity contribution >= 4 is 17.7 Å². The third kappa shape index (κ3) is 24.2. The van der Waals surface area contributed by atoms with Gasteiger partial charge in [0.05, 0.1) is 6.10 Å². The number of allylic oxidation sites excluding steroid dienone is 12. The monoisotopic (exact) mass is 732 g/mol. The SMILES string of the molecule is CC/C=C\C/C=C\C/C=C\CCCCCCCC(=O)Nc1ccn([C@@H]2CC[C@@H](COC(=O)CCCCCCC/C=C\C/C=C\C/C=C\CC)O2)c(=O)n1. The van der Waals surface area contributed by atoms with Crippen molar-refractivity contribution in [3.05, 3.63) is 95.7 Å². The van der Waals surface area contributed by atoms with Crippen LogP contribution in [0, 0.1) is 0 Å². The largest absolute Gasteiger partial charge is 0.463 e. The molecule has 1 fully saturated rings. The lowest BCUT2D eigenvalue weighted by atomic mass is 10.1. The van der Waals surface area contributed by atoms with Crippen molar-refractivity contribution in [3.63, 3.8) is 0 Å². The molecule has 53 heavy (non-hydrogen) atoms. The number of ether oxygens (including phenoxy) is 2. The molecule has 1 aromatic rings. The van der Waals surface area contributed by atoms with Gasteiger partial charge in [0.25, 0.3) is 0 Å². The molecule has 0 radical (unpaired) electrons. The zero-order valence-electron chi connectivity index (χ0n) is 32.9. The van der Waals surface area contributed by atoms with Gasteiger partial charge in [0.2, 0.25) is 5.91 Å². The van der Waals surface area contributed by atoms with Crippen molar-refractivity contribution in [2.24, 2.45) is 0 Å². The first kappa shape index (κ1) is 45.4. The topological polar surface area (TPSA) is 99.5 Å². The average molecular weight is 732 g/mol. The number of amides is 1. The molecule has 1 saturated heterocycles. The molecule has 1 aromatic heterocycles. The second-order valence-electron chi connectivity index (χ2n) is 13.7. The minimum absolute atomic E-state index is 0.131. The molecule has 0 unspecified atom stereocenters. The number of nitrogens with one attached hydrogen (secondary N) is 1. The minimum Gasteiger partial charge on any atom is -0.463 e. The van der Waals surface area contributed by atoms with Crippen LogP contribution in [0.1, 0.15) is 161 Å². The van der Waals surface area contributed by atoms with Crippen molar-refractivity contribution < 1.29 is 19.1 Å². The van der Waals surface area contributed by atoms with Crippen LogP contribution in [0.2, 0.25) is 0 Å². The van der Waals surface area contributed by atoms with E-state index < -0.39 is 11.9 Å². The van der Waals surface area contributed by atoms with Crippen LogP contribution < -0.4 is 11.0 Å². The number of esters is 1. The van der Waals surface area contributed by atoms with Gasteiger partial charge in [-0.25, -0.2) is 4.79 Å². The molecule has 0 saturated carbocycles. The highest BCUT2D eigenvalue weighted by molar-refractivity contribution is 5.89. The van der Waals surface area contributed by atoms with E-state index in [1.807, 2.05) is 0 Å². The Bertz CT molecular complexity index is 1360. The van der Waals surface area contributed by atoms with Crippen LogP contribution in [0.3, 0.4) is 0 Å². The van der Waals surface area contributed by atoms with Crippen LogP contribution in [0.5, 0.6) is 0 Å². The highest BCUT2D eigenvalue weighted by Crippen LogP contribution is 2.27. The quantitative estimate of drug-likeness (QED) is 0.0480. The summed E-state index contributed by atoms with van der Waals surface area (Å²) < 4.78 is 12.9. The molecule has 2 rings (SSSR count). The number of hydrogen-bond donors (Lipinski definition) is 1. The van der Waals surface area contributed by atoms with E-state index in [4.69, 9.17) is 9.47 Å². The van der Waals surface area contributed by atoms with Crippen LogP contribution in [0.4, 0.5) is 5.82 Å². The maximum atomic E-state index is 12.7. The fourth-order valence-corrected chi connectivity index (χ4v) is 5.97. The van der Waals surface area contributed by atoms with Crippen LogP contribution >= 0.6 is 0 Å². The van der Waals surface area contributed by atoms with Crippen LogP contribution in [-0.2, 0) is 19.1 Å². The fraction of sp³-hybridized carbons (Fsp3) is 0.600. The molecule has 1 aliphatic rings. The summed E-state index contributed by atoms with van der Waals surface area (Å²) in [4.78, 5) is 41.5. The highest BCUT2D eigenvalue weighted by atomic mass is 16.6. The molecule has 2 atom stereocenters. The fourth-order valence-electron chi connectivity index (χ4n) is 5.97. The number of carbonyl (C=O) groups is 2. The van der Waals surface area contributed by atoms with Crippen LogP contribution in [0.15, 0.2) is 90.0 Å². The van der Waals surface area contributed by atoms with E-state index in [9.17, 15) is 14.4 Å². The van der Waals surface area contributed by atoms with Gasteiger partial charge in [0.1, 0.15) is 18.7 Å². The number of unbranched alkanes of at least 4 members (excludes halogenated alkanes) is 10. The highest BCUT2D eigenvalue weighted by Gasteiger charge is 2.28. The minimum atomic E-state index is -0.473.